The van der Waals surface area contributed by atoms with E-state index in [1.54, 1.807) is 23.7 Å². The minimum Gasteiger partial charge on any atom is -0.361 e. The van der Waals surface area contributed by atoms with Crippen LogP contribution < -0.4 is 0 Å². The average molecular weight is 421 g/mol. The molecule has 5 heterocycles. The fourth-order valence-corrected chi connectivity index (χ4v) is 5.29. The maximum absolute atomic E-state index is 13.8. The van der Waals surface area contributed by atoms with Gasteiger partial charge in [-0.05, 0) is 45.6 Å². The first kappa shape index (κ1) is 19.4. The second kappa shape index (κ2) is 8.26. The number of hydrogen-bond acceptors (Lipinski definition) is 6. The third-order valence-electron chi connectivity index (χ3n) is 6.00. The van der Waals surface area contributed by atoms with E-state index in [1.165, 1.54) is 5.56 Å². The lowest BCUT2D eigenvalue weighted by atomic mass is 9.83. The number of aromatic nitrogens is 2. The molecule has 0 bridgehead atoms. The highest BCUT2D eigenvalue weighted by Crippen LogP contribution is 2.42. The van der Waals surface area contributed by atoms with E-state index < -0.39 is 5.60 Å². The third-order valence-corrected chi connectivity index (χ3v) is 6.73. The van der Waals surface area contributed by atoms with Crippen LogP contribution in [0.4, 0.5) is 0 Å². The Balaban J connectivity index is 1.45. The van der Waals surface area contributed by atoms with Crippen molar-refractivity contribution in [1.29, 1.82) is 0 Å². The Hall–Kier alpha value is -2.61. The van der Waals surface area contributed by atoms with Crippen LogP contribution in [-0.2, 0) is 22.6 Å². The number of pyridine rings is 2. The lowest BCUT2D eigenvalue weighted by Gasteiger charge is -2.42. The highest BCUT2D eigenvalue weighted by Gasteiger charge is 2.56. The Kier molecular flexibility index (Phi) is 5.33. The zero-order chi connectivity index (χ0) is 20.4. The number of carbonyl (C=O) groups is 1. The van der Waals surface area contributed by atoms with Crippen LogP contribution in [0.2, 0.25) is 0 Å². The molecule has 7 heteroatoms. The predicted molar refractivity (Wildman–Crippen MR) is 115 cm³/mol. The molecule has 30 heavy (non-hydrogen) atoms. The number of rotatable bonds is 5. The summed E-state index contributed by atoms with van der Waals surface area (Å²) in [5, 5.41) is 4.26. The molecule has 2 atom stereocenters. The summed E-state index contributed by atoms with van der Waals surface area (Å²) in [6, 6.07) is 10.1. The van der Waals surface area contributed by atoms with Crippen molar-refractivity contribution >= 4 is 17.2 Å². The molecule has 2 aliphatic rings. The lowest BCUT2D eigenvalue weighted by molar-refractivity contribution is -0.173. The van der Waals surface area contributed by atoms with Gasteiger partial charge in [0.05, 0.1) is 6.61 Å². The number of nitrogens with zero attached hydrogens (tertiary/aromatic N) is 4. The SMILES string of the molecule is O=C1N(Cc2cccnc2)CCO[C@@]12CN(Cc1ccsc1)C[C@@H]2c1cccnc1. The molecule has 3 aromatic rings. The number of likely N-dealkylation sites (tertiary alicyclic amines) is 1. The minimum atomic E-state index is -0.875. The molecule has 3 aromatic heterocycles. The topological polar surface area (TPSA) is 58.6 Å². The average Bonchev–Trinajstić information content (AvgIpc) is 3.42. The molecule has 0 unspecified atom stereocenters. The van der Waals surface area contributed by atoms with Gasteiger partial charge in [-0.15, -0.1) is 0 Å². The normalized spacial score (nSPS) is 24.6. The highest BCUT2D eigenvalue weighted by atomic mass is 32.1. The van der Waals surface area contributed by atoms with Crippen molar-refractivity contribution in [3.05, 3.63) is 82.6 Å². The molecule has 0 saturated carbocycles. The zero-order valence-electron chi connectivity index (χ0n) is 16.7. The molecular weight excluding hydrogens is 396 g/mol. The van der Waals surface area contributed by atoms with Gasteiger partial charge in [-0.25, -0.2) is 0 Å². The predicted octanol–water partition coefficient (Wildman–Crippen LogP) is 2.94. The smallest absolute Gasteiger partial charge is 0.257 e. The Morgan fingerprint density at radius 3 is 2.70 bits per heavy atom. The molecular formula is C23H24N4O2S. The number of hydrogen-bond donors (Lipinski definition) is 0. The number of amides is 1. The second-order valence-electron chi connectivity index (χ2n) is 7.97. The van der Waals surface area contributed by atoms with Gasteiger partial charge in [0.2, 0.25) is 0 Å². The molecule has 0 aliphatic carbocycles. The van der Waals surface area contributed by atoms with Gasteiger partial charge >= 0.3 is 0 Å². The largest absolute Gasteiger partial charge is 0.361 e. The molecule has 1 amide bonds. The summed E-state index contributed by atoms with van der Waals surface area (Å²) in [6.45, 7) is 3.87. The summed E-state index contributed by atoms with van der Waals surface area (Å²) in [4.78, 5) is 26.6. The Labute approximate surface area is 180 Å². The van der Waals surface area contributed by atoms with Crippen LogP contribution in [0.5, 0.6) is 0 Å². The van der Waals surface area contributed by atoms with Gasteiger partial charge in [0, 0.05) is 63.4 Å². The molecule has 0 radical (unpaired) electrons. The monoisotopic (exact) mass is 420 g/mol. The molecule has 5 rings (SSSR count). The summed E-state index contributed by atoms with van der Waals surface area (Å²) in [5.41, 5.74) is 2.49. The van der Waals surface area contributed by atoms with Crippen LogP contribution in [0.25, 0.3) is 0 Å². The van der Waals surface area contributed by atoms with Crippen LogP contribution in [0, 0.1) is 0 Å². The summed E-state index contributed by atoms with van der Waals surface area (Å²) in [5.74, 6) is 0.0216. The van der Waals surface area contributed by atoms with Crippen LogP contribution in [-0.4, -0.2) is 57.5 Å². The van der Waals surface area contributed by atoms with E-state index in [-0.39, 0.29) is 11.8 Å². The number of morpholine rings is 1. The Morgan fingerprint density at radius 2 is 1.97 bits per heavy atom. The van der Waals surface area contributed by atoms with Crippen LogP contribution in [0.1, 0.15) is 22.6 Å². The standard InChI is InChI=1S/C23H24N4O2S/c28-22-23(29-9-8-27(22)14-18-3-1-6-24-11-18)17-26(13-19-5-10-30-16-19)15-21(23)20-4-2-7-25-12-20/h1-7,10-12,16,21H,8-9,13-15,17H2/t21-,23-/m1/s1. The fraction of sp³-hybridized carbons (Fsp3) is 0.348. The quantitative estimate of drug-likeness (QED) is 0.635. The summed E-state index contributed by atoms with van der Waals surface area (Å²) >= 11 is 1.70. The van der Waals surface area contributed by atoms with Crippen molar-refractivity contribution in [1.82, 2.24) is 19.8 Å². The maximum Gasteiger partial charge on any atom is 0.257 e. The summed E-state index contributed by atoms with van der Waals surface area (Å²) in [6.07, 6.45) is 7.22. The minimum absolute atomic E-state index is 0.0472. The van der Waals surface area contributed by atoms with Gasteiger partial charge in [-0.3, -0.25) is 19.7 Å². The van der Waals surface area contributed by atoms with Crippen molar-refractivity contribution in [2.75, 3.05) is 26.2 Å². The molecule has 2 saturated heterocycles. The lowest BCUT2D eigenvalue weighted by Crippen LogP contribution is -2.59. The van der Waals surface area contributed by atoms with Crippen molar-refractivity contribution in [2.24, 2.45) is 0 Å². The number of carbonyl (C=O) groups excluding carboxylic acids is 1. The first-order valence-corrected chi connectivity index (χ1v) is 11.1. The fourth-order valence-electron chi connectivity index (χ4n) is 4.63. The van der Waals surface area contributed by atoms with Gasteiger partial charge in [0.1, 0.15) is 0 Å². The van der Waals surface area contributed by atoms with E-state index in [1.807, 2.05) is 35.5 Å². The molecule has 1 spiro atoms. The van der Waals surface area contributed by atoms with E-state index in [0.717, 1.165) is 24.2 Å². The first-order valence-electron chi connectivity index (χ1n) is 10.2. The van der Waals surface area contributed by atoms with Crippen LogP contribution >= 0.6 is 11.3 Å². The third kappa shape index (κ3) is 3.64. The molecule has 0 aromatic carbocycles. The van der Waals surface area contributed by atoms with Crippen molar-refractivity contribution in [3.8, 4) is 0 Å². The molecule has 154 valence electrons. The highest BCUT2D eigenvalue weighted by molar-refractivity contribution is 7.07. The van der Waals surface area contributed by atoms with Crippen molar-refractivity contribution in [2.45, 2.75) is 24.6 Å². The van der Waals surface area contributed by atoms with Gasteiger partial charge in [0.25, 0.3) is 5.91 Å². The van der Waals surface area contributed by atoms with Crippen LogP contribution in [0.15, 0.2) is 65.9 Å². The van der Waals surface area contributed by atoms with Crippen molar-refractivity contribution in [3.63, 3.8) is 0 Å². The van der Waals surface area contributed by atoms with E-state index in [2.05, 4.69) is 37.8 Å². The van der Waals surface area contributed by atoms with E-state index >= 15 is 0 Å². The first-order chi connectivity index (χ1) is 14.7. The van der Waals surface area contributed by atoms with E-state index in [4.69, 9.17) is 4.74 Å². The Morgan fingerprint density at radius 1 is 1.10 bits per heavy atom. The van der Waals surface area contributed by atoms with E-state index in [9.17, 15) is 4.79 Å². The van der Waals surface area contributed by atoms with Gasteiger partial charge in [0.15, 0.2) is 5.60 Å². The Bertz CT molecular complexity index is 983. The molecule has 6 nitrogen and oxygen atoms in total. The number of ether oxygens (including phenoxy) is 1. The van der Waals surface area contributed by atoms with Gasteiger partial charge in [-0.2, -0.15) is 11.3 Å². The molecule has 2 fully saturated rings. The summed E-state index contributed by atoms with van der Waals surface area (Å²) in [7, 11) is 0. The van der Waals surface area contributed by atoms with Gasteiger partial charge < -0.3 is 9.64 Å². The van der Waals surface area contributed by atoms with Gasteiger partial charge in [-0.1, -0.05) is 12.1 Å². The van der Waals surface area contributed by atoms with E-state index in [0.29, 0.717) is 26.2 Å². The van der Waals surface area contributed by atoms with Crippen molar-refractivity contribution < 1.29 is 9.53 Å². The second-order valence-corrected chi connectivity index (χ2v) is 8.75. The van der Waals surface area contributed by atoms with Crippen LogP contribution in [0.3, 0.4) is 0 Å². The zero-order valence-corrected chi connectivity index (χ0v) is 17.5. The summed E-state index contributed by atoms with van der Waals surface area (Å²) < 4.78 is 6.35. The maximum atomic E-state index is 13.8. The molecule has 2 aliphatic heterocycles. The number of thiophene rings is 1. The molecule has 0 N–H and O–H groups in total.